The number of carbonyl (C=O) groups excluding carboxylic acids is 1. The first-order valence-corrected chi connectivity index (χ1v) is 10.2. The van der Waals surface area contributed by atoms with Crippen molar-refractivity contribution in [2.24, 2.45) is 17.3 Å². The Morgan fingerprint density at radius 3 is 2.64 bits per heavy atom. The zero-order valence-corrected chi connectivity index (χ0v) is 16.2. The number of halogens is 1. The van der Waals surface area contributed by atoms with Gasteiger partial charge in [0, 0.05) is 18.8 Å². The van der Waals surface area contributed by atoms with E-state index in [1.54, 1.807) is 11.9 Å². The second-order valence-electron chi connectivity index (χ2n) is 9.22. The molecule has 6 heteroatoms. The number of alkyl halides is 1. The van der Waals surface area contributed by atoms with Crippen molar-refractivity contribution in [2.75, 3.05) is 23.8 Å². The molecule has 4 saturated carbocycles. The van der Waals surface area contributed by atoms with Gasteiger partial charge in [0.05, 0.1) is 23.3 Å². The fourth-order valence-corrected chi connectivity index (χ4v) is 6.57. The third kappa shape index (κ3) is 2.57. The van der Waals surface area contributed by atoms with E-state index in [-0.39, 0.29) is 5.91 Å². The van der Waals surface area contributed by atoms with E-state index >= 15 is 4.39 Å². The van der Waals surface area contributed by atoms with Gasteiger partial charge in [0.25, 0.3) is 0 Å². The maximum atomic E-state index is 15.5. The summed E-state index contributed by atoms with van der Waals surface area (Å²) >= 11 is 0. The summed E-state index contributed by atoms with van der Waals surface area (Å²) in [6.45, 7) is 0.318. The van der Waals surface area contributed by atoms with Crippen LogP contribution >= 0.6 is 0 Å². The molecule has 0 saturated heterocycles. The standard InChI is InChI=1S/C22H27FN4O/c1-25-19-16(11-24)12-27(18-5-3-2-4-17(18)26-19)20(28)21-7-14-6-15(8-21)10-22(23,9-14)13-21/h2-5,11,14-15,24-26H,6-10,12-13H2,1H3. The van der Waals surface area contributed by atoms with Crippen molar-refractivity contribution in [3.63, 3.8) is 0 Å². The van der Waals surface area contributed by atoms with Crippen LogP contribution < -0.4 is 15.5 Å². The normalized spacial score (nSPS) is 35.9. The quantitative estimate of drug-likeness (QED) is 0.696. The fraction of sp³-hybridized carbons (Fsp3) is 0.545. The fourth-order valence-electron chi connectivity index (χ4n) is 6.57. The lowest BCUT2D eigenvalue weighted by Crippen LogP contribution is -2.59. The Hall–Kier alpha value is -2.37. The van der Waals surface area contributed by atoms with Crippen LogP contribution in [-0.2, 0) is 4.79 Å². The Labute approximate surface area is 164 Å². The lowest BCUT2D eigenvalue weighted by atomic mass is 9.48. The highest BCUT2D eigenvalue weighted by molar-refractivity contribution is 6.03. The van der Waals surface area contributed by atoms with E-state index in [1.165, 1.54) is 6.21 Å². The van der Waals surface area contributed by atoms with Crippen LogP contribution in [0.1, 0.15) is 38.5 Å². The van der Waals surface area contributed by atoms with Crippen LogP contribution in [0.2, 0.25) is 0 Å². The average Bonchev–Trinajstić information content (AvgIpc) is 2.81. The van der Waals surface area contributed by atoms with Crippen molar-refractivity contribution >= 4 is 23.5 Å². The summed E-state index contributed by atoms with van der Waals surface area (Å²) in [6, 6.07) is 7.73. The summed E-state index contributed by atoms with van der Waals surface area (Å²) in [5.74, 6) is 1.43. The molecule has 6 rings (SSSR count). The molecular weight excluding hydrogens is 355 g/mol. The number of para-hydroxylation sites is 2. The van der Waals surface area contributed by atoms with Crippen molar-refractivity contribution in [3.05, 3.63) is 35.7 Å². The molecule has 28 heavy (non-hydrogen) atoms. The van der Waals surface area contributed by atoms with Gasteiger partial charge in [-0.1, -0.05) is 12.1 Å². The number of hydrogen-bond acceptors (Lipinski definition) is 4. The maximum absolute atomic E-state index is 15.5. The molecule has 1 amide bonds. The molecule has 3 N–H and O–H groups in total. The number of nitrogens with one attached hydrogen (secondary N) is 3. The van der Waals surface area contributed by atoms with Gasteiger partial charge in [-0.15, -0.1) is 0 Å². The van der Waals surface area contributed by atoms with E-state index in [0.29, 0.717) is 43.2 Å². The predicted molar refractivity (Wildman–Crippen MR) is 108 cm³/mol. The molecule has 1 aromatic rings. The Morgan fingerprint density at radius 2 is 2.00 bits per heavy atom. The van der Waals surface area contributed by atoms with Crippen molar-refractivity contribution in [1.82, 2.24) is 5.32 Å². The molecule has 1 aliphatic heterocycles. The first-order valence-electron chi connectivity index (χ1n) is 10.2. The molecule has 4 bridgehead atoms. The third-order valence-corrected chi connectivity index (χ3v) is 7.22. The lowest BCUT2D eigenvalue weighted by molar-refractivity contribution is -0.158. The minimum absolute atomic E-state index is 0.0366. The van der Waals surface area contributed by atoms with E-state index in [2.05, 4.69) is 10.6 Å². The van der Waals surface area contributed by atoms with Crippen molar-refractivity contribution < 1.29 is 9.18 Å². The first-order chi connectivity index (χ1) is 13.5. The average molecular weight is 382 g/mol. The number of fused-ring (bicyclic) bond motifs is 1. The van der Waals surface area contributed by atoms with Gasteiger partial charge in [-0.3, -0.25) is 4.79 Å². The molecule has 1 aromatic carbocycles. The molecular formula is C22H27FN4O. The summed E-state index contributed by atoms with van der Waals surface area (Å²) in [5.41, 5.74) is 0.590. The van der Waals surface area contributed by atoms with E-state index in [0.717, 1.165) is 36.5 Å². The first kappa shape index (κ1) is 17.7. The molecule has 2 atom stereocenters. The summed E-state index contributed by atoms with van der Waals surface area (Å²) in [5, 5.41) is 14.3. The molecule has 4 fully saturated rings. The Balaban J connectivity index is 1.57. The predicted octanol–water partition coefficient (Wildman–Crippen LogP) is 3.83. The minimum atomic E-state index is -1.17. The van der Waals surface area contributed by atoms with Gasteiger partial charge in [-0.25, -0.2) is 4.39 Å². The largest absolute Gasteiger partial charge is 0.374 e. The third-order valence-electron chi connectivity index (χ3n) is 7.22. The smallest absolute Gasteiger partial charge is 0.233 e. The van der Waals surface area contributed by atoms with Crippen LogP contribution in [0.5, 0.6) is 0 Å². The van der Waals surface area contributed by atoms with Crippen LogP contribution in [0.4, 0.5) is 15.8 Å². The molecule has 0 aromatic heterocycles. The number of hydrogen-bond donors (Lipinski definition) is 3. The van der Waals surface area contributed by atoms with Gasteiger partial charge in [0.2, 0.25) is 5.91 Å². The maximum Gasteiger partial charge on any atom is 0.233 e. The highest BCUT2D eigenvalue weighted by Gasteiger charge is 2.62. The lowest BCUT2D eigenvalue weighted by Gasteiger charge is -2.58. The van der Waals surface area contributed by atoms with Gasteiger partial charge in [0.1, 0.15) is 11.5 Å². The summed E-state index contributed by atoms with van der Waals surface area (Å²) in [7, 11) is 1.80. The highest BCUT2D eigenvalue weighted by atomic mass is 19.1. The number of nitrogens with zero attached hydrogens (tertiary/aromatic N) is 1. The molecule has 0 spiro atoms. The van der Waals surface area contributed by atoms with Gasteiger partial charge in [0.15, 0.2) is 0 Å². The second-order valence-corrected chi connectivity index (χ2v) is 9.22. The summed E-state index contributed by atoms with van der Waals surface area (Å²) in [6.07, 6.45) is 5.61. The Kier molecular flexibility index (Phi) is 3.83. The molecule has 5 nitrogen and oxygen atoms in total. The topological polar surface area (TPSA) is 68.2 Å². The number of rotatable bonds is 3. The van der Waals surface area contributed by atoms with Crippen molar-refractivity contribution in [1.29, 1.82) is 5.41 Å². The van der Waals surface area contributed by atoms with Crippen molar-refractivity contribution in [3.8, 4) is 0 Å². The van der Waals surface area contributed by atoms with Crippen LogP contribution in [0, 0.1) is 22.7 Å². The van der Waals surface area contributed by atoms with Crippen molar-refractivity contribution in [2.45, 2.75) is 44.2 Å². The second kappa shape index (κ2) is 6.06. The summed E-state index contributed by atoms with van der Waals surface area (Å²) in [4.78, 5) is 15.8. The van der Waals surface area contributed by atoms with Gasteiger partial charge >= 0.3 is 0 Å². The molecule has 5 aliphatic rings. The number of benzene rings is 1. The van der Waals surface area contributed by atoms with E-state index in [4.69, 9.17) is 5.41 Å². The SMILES string of the molecule is CNC1=C(C=N)CN(C(=O)C23CC4CC(CC(F)(C4)C2)C3)c2ccccc2N1. The zero-order valence-electron chi connectivity index (χ0n) is 16.2. The molecule has 0 radical (unpaired) electrons. The molecule has 4 aliphatic carbocycles. The molecule has 148 valence electrons. The number of anilines is 2. The van der Waals surface area contributed by atoms with Gasteiger partial charge in [-0.05, 0) is 62.5 Å². The monoisotopic (exact) mass is 382 g/mol. The van der Waals surface area contributed by atoms with E-state index in [1.807, 2.05) is 24.3 Å². The van der Waals surface area contributed by atoms with Crippen LogP contribution in [-0.4, -0.2) is 31.4 Å². The van der Waals surface area contributed by atoms with Crippen LogP contribution in [0.25, 0.3) is 0 Å². The van der Waals surface area contributed by atoms with Crippen LogP contribution in [0.15, 0.2) is 35.7 Å². The van der Waals surface area contributed by atoms with Crippen LogP contribution in [0.3, 0.4) is 0 Å². The van der Waals surface area contributed by atoms with E-state index < -0.39 is 11.1 Å². The summed E-state index contributed by atoms with van der Waals surface area (Å²) < 4.78 is 15.5. The number of carbonyl (C=O) groups is 1. The Morgan fingerprint density at radius 1 is 1.29 bits per heavy atom. The highest BCUT2D eigenvalue weighted by Crippen LogP contribution is 2.63. The van der Waals surface area contributed by atoms with Gasteiger partial charge in [-0.2, -0.15) is 0 Å². The molecule has 2 unspecified atom stereocenters. The minimum Gasteiger partial charge on any atom is -0.374 e. The van der Waals surface area contributed by atoms with Gasteiger partial charge < -0.3 is 20.9 Å². The zero-order chi connectivity index (χ0) is 19.5. The van der Waals surface area contributed by atoms with E-state index in [9.17, 15) is 4.79 Å². The number of amides is 1. The molecule has 1 heterocycles. The Bertz CT molecular complexity index is 865.